The number of benzene rings is 1. The fourth-order valence-corrected chi connectivity index (χ4v) is 3.85. The van der Waals surface area contributed by atoms with Gasteiger partial charge in [0.15, 0.2) is 0 Å². The first kappa shape index (κ1) is 28.9. The van der Waals surface area contributed by atoms with Crippen molar-refractivity contribution in [2.75, 3.05) is 11.9 Å². The first-order valence-electron chi connectivity index (χ1n) is 11.7. The van der Waals surface area contributed by atoms with E-state index >= 15 is 0 Å². The van der Waals surface area contributed by atoms with Gasteiger partial charge < -0.3 is 32.5 Å². The molecule has 0 aromatic heterocycles. The topological polar surface area (TPSA) is 177 Å². The van der Waals surface area contributed by atoms with Gasteiger partial charge in [0.05, 0.1) is 12.5 Å². The SMILES string of the molecule is CCCCC(C(N)=O)[C@@H](C(=O)N[C@@H](CCCNC(N)=O)C(=O)Nc1ccc(CO)cc1)C(C)C. The summed E-state index contributed by atoms with van der Waals surface area (Å²) in [4.78, 5) is 49.4. The maximum Gasteiger partial charge on any atom is 0.312 e. The molecule has 8 N–H and O–H groups in total. The molecule has 0 aliphatic heterocycles. The van der Waals surface area contributed by atoms with Crippen molar-refractivity contribution in [3.05, 3.63) is 29.8 Å². The van der Waals surface area contributed by atoms with E-state index in [9.17, 15) is 24.3 Å². The summed E-state index contributed by atoms with van der Waals surface area (Å²) in [6.45, 7) is 5.82. The molecule has 34 heavy (non-hydrogen) atoms. The lowest BCUT2D eigenvalue weighted by atomic mass is 9.79. The van der Waals surface area contributed by atoms with Crippen LogP contribution in [0.4, 0.5) is 10.5 Å². The maximum absolute atomic E-state index is 13.3. The monoisotopic (exact) mass is 477 g/mol. The van der Waals surface area contributed by atoms with Crippen LogP contribution in [0.25, 0.3) is 0 Å². The summed E-state index contributed by atoms with van der Waals surface area (Å²) in [6, 6.07) is 5.10. The molecule has 0 saturated carbocycles. The van der Waals surface area contributed by atoms with Crippen LogP contribution in [0.15, 0.2) is 24.3 Å². The van der Waals surface area contributed by atoms with Crippen molar-refractivity contribution in [2.45, 2.75) is 65.5 Å². The molecule has 190 valence electrons. The van der Waals surface area contributed by atoms with E-state index in [4.69, 9.17) is 11.5 Å². The highest BCUT2D eigenvalue weighted by Gasteiger charge is 2.36. The Balaban J connectivity index is 3.03. The molecule has 5 amide bonds. The average molecular weight is 478 g/mol. The highest BCUT2D eigenvalue weighted by molar-refractivity contribution is 5.98. The van der Waals surface area contributed by atoms with Crippen molar-refractivity contribution in [3.63, 3.8) is 0 Å². The van der Waals surface area contributed by atoms with E-state index in [1.807, 2.05) is 20.8 Å². The summed E-state index contributed by atoms with van der Waals surface area (Å²) in [5.41, 5.74) is 11.9. The maximum atomic E-state index is 13.3. The summed E-state index contributed by atoms with van der Waals surface area (Å²) in [6.07, 6.45) is 2.76. The Morgan fingerprint density at radius 3 is 2.12 bits per heavy atom. The summed E-state index contributed by atoms with van der Waals surface area (Å²) < 4.78 is 0. The normalized spacial score (nSPS) is 13.6. The second-order valence-corrected chi connectivity index (χ2v) is 8.76. The summed E-state index contributed by atoms with van der Waals surface area (Å²) >= 11 is 0. The van der Waals surface area contributed by atoms with Crippen LogP contribution in [0, 0.1) is 17.8 Å². The number of carbonyl (C=O) groups is 4. The van der Waals surface area contributed by atoms with Crippen molar-refractivity contribution in [1.29, 1.82) is 0 Å². The van der Waals surface area contributed by atoms with E-state index in [1.54, 1.807) is 24.3 Å². The summed E-state index contributed by atoms with van der Waals surface area (Å²) in [5.74, 6) is -2.85. The molecule has 1 aromatic rings. The Bertz CT molecular complexity index is 812. The van der Waals surface area contributed by atoms with Crippen molar-refractivity contribution in [2.24, 2.45) is 29.2 Å². The number of urea groups is 1. The van der Waals surface area contributed by atoms with Crippen LogP contribution < -0.4 is 27.4 Å². The van der Waals surface area contributed by atoms with Crippen LogP contribution >= 0.6 is 0 Å². The van der Waals surface area contributed by atoms with E-state index in [0.29, 0.717) is 24.1 Å². The van der Waals surface area contributed by atoms with Gasteiger partial charge in [0.25, 0.3) is 0 Å². The van der Waals surface area contributed by atoms with Crippen molar-refractivity contribution in [1.82, 2.24) is 10.6 Å². The Morgan fingerprint density at radius 2 is 1.62 bits per heavy atom. The van der Waals surface area contributed by atoms with Gasteiger partial charge in [0.1, 0.15) is 6.04 Å². The third-order valence-electron chi connectivity index (χ3n) is 5.69. The number of aliphatic hydroxyl groups is 1. The van der Waals surface area contributed by atoms with Crippen LogP contribution in [0.2, 0.25) is 0 Å². The van der Waals surface area contributed by atoms with Crippen LogP contribution in [0.5, 0.6) is 0 Å². The standard InChI is InChI=1S/C24H39N5O5/c1-4-5-7-18(21(25)31)20(15(2)3)23(33)29-19(8-6-13-27-24(26)34)22(32)28-17-11-9-16(14-30)10-12-17/h9-12,15,18-20,30H,4-8,13-14H2,1-3H3,(H2,25,31)(H,28,32)(H,29,33)(H3,26,27,34)/t18?,19-,20-/m0/s1. The fourth-order valence-electron chi connectivity index (χ4n) is 3.85. The van der Waals surface area contributed by atoms with E-state index in [0.717, 1.165) is 12.8 Å². The van der Waals surface area contributed by atoms with Gasteiger partial charge in [-0.1, -0.05) is 45.7 Å². The molecule has 0 fully saturated rings. The quantitative estimate of drug-likeness (QED) is 0.210. The highest BCUT2D eigenvalue weighted by atomic mass is 16.3. The van der Waals surface area contributed by atoms with Gasteiger partial charge in [-0.3, -0.25) is 14.4 Å². The molecule has 0 aliphatic carbocycles. The molecular weight excluding hydrogens is 438 g/mol. The number of nitrogens with two attached hydrogens (primary N) is 2. The van der Waals surface area contributed by atoms with Gasteiger partial charge in [0, 0.05) is 18.2 Å². The van der Waals surface area contributed by atoms with Crippen molar-refractivity contribution < 1.29 is 24.3 Å². The van der Waals surface area contributed by atoms with Gasteiger partial charge in [-0.2, -0.15) is 0 Å². The first-order chi connectivity index (χ1) is 16.1. The third kappa shape index (κ3) is 9.78. The summed E-state index contributed by atoms with van der Waals surface area (Å²) in [5, 5.41) is 17.2. The molecule has 0 aliphatic rings. The van der Waals surface area contributed by atoms with E-state index in [-0.39, 0.29) is 25.5 Å². The lowest BCUT2D eigenvalue weighted by Crippen LogP contribution is -2.50. The molecule has 3 atom stereocenters. The van der Waals surface area contributed by atoms with E-state index in [2.05, 4.69) is 16.0 Å². The Hall–Kier alpha value is -3.14. The smallest absolute Gasteiger partial charge is 0.312 e. The summed E-state index contributed by atoms with van der Waals surface area (Å²) in [7, 11) is 0. The average Bonchev–Trinajstić information content (AvgIpc) is 2.78. The van der Waals surface area contributed by atoms with E-state index in [1.165, 1.54) is 0 Å². The predicted molar refractivity (Wildman–Crippen MR) is 130 cm³/mol. The molecule has 0 heterocycles. The molecule has 10 heteroatoms. The second kappa shape index (κ2) is 14.9. The largest absolute Gasteiger partial charge is 0.392 e. The minimum atomic E-state index is -0.902. The lowest BCUT2D eigenvalue weighted by molar-refractivity contribution is -0.137. The molecule has 0 spiro atoms. The van der Waals surface area contributed by atoms with Gasteiger partial charge in [-0.25, -0.2) is 4.79 Å². The molecule has 10 nitrogen and oxygen atoms in total. The van der Waals surface area contributed by atoms with Gasteiger partial charge in [-0.05, 0) is 42.9 Å². The number of carbonyl (C=O) groups excluding carboxylic acids is 4. The van der Waals surface area contributed by atoms with Crippen LogP contribution in [-0.4, -0.2) is 41.4 Å². The molecule has 1 aromatic carbocycles. The van der Waals surface area contributed by atoms with Crippen LogP contribution in [0.3, 0.4) is 0 Å². The molecule has 0 saturated heterocycles. The zero-order chi connectivity index (χ0) is 25.7. The van der Waals surface area contributed by atoms with Gasteiger partial charge in [0.2, 0.25) is 17.7 Å². The molecule has 0 bridgehead atoms. The van der Waals surface area contributed by atoms with Crippen LogP contribution in [-0.2, 0) is 21.0 Å². The molecular formula is C24H39N5O5. The van der Waals surface area contributed by atoms with Gasteiger partial charge >= 0.3 is 6.03 Å². The number of anilines is 1. The number of hydrogen-bond acceptors (Lipinski definition) is 5. The minimum absolute atomic E-state index is 0.116. The molecule has 1 rings (SSSR count). The number of rotatable bonds is 15. The van der Waals surface area contributed by atoms with Crippen LogP contribution in [0.1, 0.15) is 58.4 Å². The number of aliphatic hydroxyl groups excluding tert-OH is 1. The molecule has 1 unspecified atom stereocenters. The fraction of sp³-hybridized carbons (Fsp3) is 0.583. The van der Waals surface area contributed by atoms with Crippen molar-refractivity contribution in [3.8, 4) is 0 Å². The van der Waals surface area contributed by atoms with Gasteiger partial charge in [-0.15, -0.1) is 0 Å². The number of primary amides is 2. The zero-order valence-electron chi connectivity index (χ0n) is 20.3. The number of nitrogens with one attached hydrogen (secondary N) is 3. The lowest BCUT2D eigenvalue weighted by Gasteiger charge is -2.29. The Kier molecular flexibility index (Phi) is 12.7. The minimum Gasteiger partial charge on any atom is -0.392 e. The first-order valence-corrected chi connectivity index (χ1v) is 11.7. The third-order valence-corrected chi connectivity index (χ3v) is 5.69. The predicted octanol–water partition coefficient (Wildman–Crippen LogP) is 1.61. The Morgan fingerprint density at radius 1 is 0.971 bits per heavy atom. The number of unbranched alkanes of at least 4 members (excludes halogenated alkanes) is 1. The van der Waals surface area contributed by atoms with E-state index < -0.39 is 41.6 Å². The molecule has 0 radical (unpaired) electrons. The number of amides is 5. The number of hydrogen-bond donors (Lipinski definition) is 6. The van der Waals surface area contributed by atoms with Crippen molar-refractivity contribution >= 4 is 29.4 Å². The zero-order valence-corrected chi connectivity index (χ0v) is 20.3. The Labute approximate surface area is 201 Å². The second-order valence-electron chi connectivity index (χ2n) is 8.76. The highest BCUT2D eigenvalue weighted by Crippen LogP contribution is 2.26.